The van der Waals surface area contributed by atoms with Crippen LogP contribution in [0.25, 0.3) is 0 Å². The molecule has 30 heavy (non-hydrogen) atoms. The molecule has 3 heterocycles. The first kappa shape index (κ1) is 20.0. The molecule has 8 nitrogen and oxygen atoms in total. The Balaban J connectivity index is 1.78. The van der Waals surface area contributed by atoms with Crippen LogP contribution in [-0.2, 0) is 9.53 Å². The predicted molar refractivity (Wildman–Crippen MR) is 105 cm³/mol. The molecule has 0 unspecified atom stereocenters. The molecule has 0 bridgehead atoms. The van der Waals surface area contributed by atoms with Gasteiger partial charge in [0.25, 0.3) is 5.91 Å². The number of aromatic hydroxyl groups is 1. The normalized spacial score (nSPS) is 21.5. The summed E-state index contributed by atoms with van der Waals surface area (Å²) in [4.78, 5) is 27.5. The SMILES string of the molecule is CCOc1cc([C@H]2C(C(=O)c3ccco3)=C(O)C(=O)N2C[C@H]2CCCO2)ccc1O. The third-order valence-electron chi connectivity index (χ3n) is 5.32. The number of nitrogens with zero attached hydrogens (tertiary/aromatic N) is 1. The Morgan fingerprint density at radius 3 is 2.80 bits per heavy atom. The van der Waals surface area contributed by atoms with Crippen LogP contribution in [0.5, 0.6) is 11.5 Å². The van der Waals surface area contributed by atoms with Crippen LogP contribution >= 0.6 is 0 Å². The molecule has 0 spiro atoms. The number of hydrogen-bond donors (Lipinski definition) is 2. The Bertz CT molecular complexity index is 973. The summed E-state index contributed by atoms with van der Waals surface area (Å²) in [6.07, 6.45) is 2.86. The maximum Gasteiger partial charge on any atom is 0.290 e. The van der Waals surface area contributed by atoms with Gasteiger partial charge in [-0.2, -0.15) is 0 Å². The smallest absolute Gasteiger partial charge is 0.290 e. The van der Waals surface area contributed by atoms with Crippen molar-refractivity contribution in [1.82, 2.24) is 4.90 Å². The number of carbonyl (C=O) groups excluding carboxylic acids is 2. The second-order valence-corrected chi connectivity index (χ2v) is 7.22. The fourth-order valence-electron chi connectivity index (χ4n) is 3.94. The monoisotopic (exact) mass is 413 g/mol. The first-order valence-electron chi connectivity index (χ1n) is 9.90. The molecular weight excluding hydrogens is 390 g/mol. The zero-order valence-corrected chi connectivity index (χ0v) is 16.5. The minimum absolute atomic E-state index is 0.0251. The van der Waals surface area contributed by atoms with Gasteiger partial charge in [0.15, 0.2) is 23.0 Å². The van der Waals surface area contributed by atoms with Gasteiger partial charge in [-0.1, -0.05) is 6.07 Å². The summed E-state index contributed by atoms with van der Waals surface area (Å²) < 4.78 is 16.3. The number of ether oxygens (including phenoxy) is 2. The zero-order valence-electron chi connectivity index (χ0n) is 16.5. The molecule has 0 radical (unpaired) electrons. The number of amides is 1. The number of rotatable bonds is 7. The topological polar surface area (TPSA) is 109 Å². The van der Waals surface area contributed by atoms with Gasteiger partial charge in [0.2, 0.25) is 5.78 Å². The molecule has 1 amide bonds. The van der Waals surface area contributed by atoms with Gasteiger partial charge in [-0.25, -0.2) is 0 Å². The van der Waals surface area contributed by atoms with Gasteiger partial charge in [-0.05, 0) is 49.6 Å². The average molecular weight is 413 g/mol. The lowest BCUT2D eigenvalue weighted by Crippen LogP contribution is -2.37. The third kappa shape index (κ3) is 3.54. The highest BCUT2D eigenvalue weighted by Gasteiger charge is 2.45. The van der Waals surface area contributed by atoms with E-state index in [9.17, 15) is 19.8 Å². The van der Waals surface area contributed by atoms with Crippen LogP contribution in [0.1, 0.15) is 41.9 Å². The van der Waals surface area contributed by atoms with E-state index >= 15 is 0 Å². The van der Waals surface area contributed by atoms with Crippen LogP contribution in [0, 0.1) is 0 Å². The van der Waals surface area contributed by atoms with E-state index in [2.05, 4.69) is 0 Å². The molecule has 2 aliphatic heterocycles. The van der Waals surface area contributed by atoms with E-state index < -0.39 is 23.5 Å². The summed E-state index contributed by atoms with van der Waals surface area (Å²) >= 11 is 0. The number of aliphatic hydroxyl groups is 1. The van der Waals surface area contributed by atoms with Gasteiger partial charge in [0.1, 0.15) is 0 Å². The van der Waals surface area contributed by atoms with Crippen molar-refractivity contribution in [2.24, 2.45) is 0 Å². The molecule has 0 saturated carbocycles. The van der Waals surface area contributed by atoms with Crippen molar-refractivity contribution in [1.29, 1.82) is 0 Å². The fourth-order valence-corrected chi connectivity index (χ4v) is 3.94. The number of phenols is 1. The van der Waals surface area contributed by atoms with E-state index in [1.807, 2.05) is 0 Å². The third-order valence-corrected chi connectivity index (χ3v) is 5.32. The molecular formula is C22H23NO7. The fraction of sp³-hybridized carbons (Fsp3) is 0.364. The van der Waals surface area contributed by atoms with Gasteiger partial charge in [0, 0.05) is 13.2 Å². The highest BCUT2D eigenvalue weighted by molar-refractivity contribution is 6.15. The van der Waals surface area contributed by atoms with Crippen LogP contribution in [0.3, 0.4) is 0 Å². The van der Waals surface area contributed by atoms with Crippen molar-refractivity contribution in [3.05, 3.63) is 59.3 Å². The number of furan rings is 1. The summed E-state index contributed by atoms with van der Waals surface area (Å²) in [6, 6.07) is 6.81. The summed E-state index contributed by atoms with van der Waals surface area (Å²) in [7, 11) is 0. The summed E-state index contributed by atoms with van der Waals surface area (Å²) in [6.45, 7) is 2.96. The Labute approximate surface area is 173 Å². The van der Waals surface area contributed by atoms with Gasteiger partial charge in [-0.15, -0.1) is 0 Å². The van der Waals surface area contributed by atoms with Crippen molar-refractivity contribution >= 4 is 11.7 Å². The molecule has 1 saturated heterocycles. The van der Waals surface area contributed by atoms with Crippen molar-refractivity contribution in [2.45, 2.75) is 31.9 Å². The molecule has 2 atom stereocenters. The average Bonchev–Trinajstić information content (AvgIpc) is 3.48. The number of aliphatic hydroxyl groups excluding tert-OH is 1. The van der Waals surface area contributed by atoms with Crippen LogP contribution in [-0.4, -0.2) is 52.7 Å². The van der Waals surface area contributed by atoms with E-state index in [0.29, 0.717) is 18.8 Å². The first-order chi connectivity index (χ1) is 14.5. The van der Waals surface area contributed by atoms with E-state index in [4.69, 9.17) is 13.9 Å². The molecule has 2 N–H and O–H groups in total. The first-order valence-corrected chi connectivity index (χ1v) is 9.90. The van der Waals surface area contributed by atoms with Crippen molar-refractivity contribution < 1.29 is 33.7 Å². The number of carbonyl (C=O) groups is 2. The van der Waals surface area contributed by atoms with Crippen LogP contribution in [0.2, 0.25) is 0 Å². The quantitative estimate of drug-likeness (QED) is 0.671. The number of benzene rings is 1. The van der Waals surface area contributed by atoms with E-state index in [1.165, 1.54) is 23.3 Å². The Kier molecular flexibility index (Phi) is 5.50. The second kappa shape index (κ2) is 8.23. The van der Waals surface area contributed by atoms with Crippen LogP contribution < -0.4 is 4.74 Å². The molecule has 0 aliphatic carbocycles. The maximum absolute atomic E-state index is 13.1. The molecule has 158 valence electrons. The zero-order chi connectivity index (χ0) is 21.3. The van der Waals surface area contributed by atoms with Gasteiger partial charge >= 0.3 is 0 Å². The minimum Gasteiger partial charge on any atom is -0.504 e. The number of ketones is 1. The Hall–Kier alpha value is -3.26. The number of hydrogen-bond acceptors (Lipinski definition) is 7. The molecule has 1 aromatic carbocycles. The minimum atomic E-state index is -0.862. The molecule has 4 rings (SSSR count). The maximum atomic E-state index is 13.1. The highest BCUT2D eigenvalue weighted by atomic mass is 16.5. The lowest BCUT2D eigenvalue weighted by atomic mass is 9.94. The van der Waals surface area contributed by atoms with Gasteiger partial charge < -0.3 is 29.0 Å². The van der Waals surface area contributed by atoms with Crippen molar-refractivity contribution in [3.63, 3.8) is 0 Å². The molecule has 2 aromatic rings. The van der Waals surface area contributed by atoms with Gasteiger partial charge in [0.05, 0.1) is 30.6 Å². The second-order valence-electron chi connectivity index (χ2n) is 7.22. The Morgan fingerprint density at radius 1 is 1.30 bits per heavy atom. The van der Waals surface area contributed by atoms with E-state index in [0.717, 1.165) is 12.8 Å². The number of Topliss-reactive ketones (excluding diaryl/α,β-unsaturated/α-hetero) is 1. The molecule has 2 aliphatic rings. The largest absolute Gasteiger partial charge is 0.504 e. The molecule has 1 fully saturated rings. The number of phenolic OH excluding ortho intramolecular Hbond substituents is 1. The van der Waals surface area contributed by atoms with Crippen LogP contribution in [0.15, 0.2) is 52.3 Å². The summed E-state index contributed by atoms with van der Waals surface area (Å²) in [5.41, 5.74) is 0.461. The summed E-state index contributed by atoms with van der Waals surface area (Å²) in [5, 5.41) is 20.7. The standard InChI is InChI=1S/C22H23NO7/c1-2-28-17-11-13(7-8-15(17)24)19-18(20(25)16-6-4-10-30-16)21(26)22(27)23(19)12-14-5-3-9-29-14/h4,6-8,10-11,14,19,24,26H,2-3,5,9,12H2,1H3/t14-,19+/m1/s1. The summed E-state index contributed by atoms with van der Waals surface area (Å²) in [5.74, 6) is -1.62. The molecule has 1 aromatic heterocycles. The van der Waals surface area contributed by atoms with Crippen molar-refractivity contribution in [3.8, 4) is 11.5 Å². The lowest BCUT2D eigenvalue weighted by molar-refractivity contribution is -0.131. The molecule has 8 heteroatoms. The highest BCUT2D eigenvalue weighted by Crippen LogP contribution is 2.42. The van der Waals surface area contributed by atoms with E-state index in [-0.39, 0.29) is 35.5 Å². The van der Waals surface area contributed by atoms with Crippen molar-refractivity contribution in [2.75, 3.05) is 19.8 Å². The predicted octanol–water partition coefficient (Wildman–Crippen LogP) is 3.14. The van der Waals surface area contributed by atoms with Gasteiger partial charge in [-0.3, -0.25) is 9.59 Å². The van der Waals surface area contributed by atoms with E-state index in [1.54, 1.807) is 25.1 Å². The Morgan fingerprint density at radius 2 is 2.13 bits per heavy atom. The van der Waals surface area contributed by atoms with Crippen LogP contribution in [0.4, 0.5) is 0 Å². The lowest BCUT2D eigenvalue weighted by Gasteiger charge is -2.29.